The van der Waals surface area contributed by atoms with E-state index < -0.39 is 6.04 Å². The molecule has 1 aromatic carbocycles. The number of nitrogens with one attached hydrogen (secondary N) is 2. The lowest BCUT2D eigenvalue weighted by atomic mass is 9.90. The Morgan fingerprint density at radius 1 is 1.24 bits per heavy atom. The van der Waals surface area contributed by atoms with Crippen molar-refractivity contribution < 1.29 is 9.59 Å². The first-order chi connectivity index (χ1) is 12.0. The largest absolute Gasteiger partial charge is 0.360 e. The third kappa shape index (κ3) is 3.69. The molecule has 25 heavy (non-hydrogen) atoms. The molecule has 1 saturated heterocycles. The van der Waals surface area contributed by atoms with Crippen LogP contribution in [0.3, 0.4) is 0 Å². The Labute approximate surface area is 147 Å². The highest BCUT2D eigenvalue weighted by atomic mass is 16.2. The molecule has 134 valence electrons. The van der Waals surface area contributed by atoms with Crippen LogP contribution in [0.15, 0.2) is 30.5 Å². The van der Waals surface area contributed by atoms with Crippen LogP contribution in [0.2, 0.25) is 0 Å². The van der Waals surface area contributed by atoms with Gasteiger partial charge in [-0.05, 0) is 38.7 Å². The van der Waals surface area contributed by atoms with Gasteiger partial charge >= 0.3 is 0 Å². The van der Waals surface area contributed by atoms with Crippen LogP contribution < -0.4 is 11.1 Å². The first-order valence-electron chi connectivity index (χ1n) is 8.88. The summed E-state index contributed by atoms with van der Waals surface area (Å²) in [5.74, 6) is 0.319. The number of carbonyl (C=O) groups excluding carboxylic acids is 2. The van der Waals surface area contributed by atoms with E-state index in [9.17, 15) is 9.59 Å². The Morgan fingerprint density at radius 2 is 1.92 bits per heavy atom. The number of carbonyl (C=O) groups is 2. The van der Waals surface area contributed by atoms with Crippen molar-refractivity contribution in [2.24, 2.45) is 11.7 Å². The molecule has 0 aliphatic carbocycles. The van der Waals surface area contributed by atoms with Gasteiger partial charge in [-0.1, -0.05) is 18.2 Å². The van der Waals surface area contributed by atoms with E-state index in [2.05, 4.69) is 10.3 Å². The van der Waals surface area contributed by atoms with Crippen LogP contribution in [-0.2, 0) is 4.79 Å². The van der Waals surface area contributed by atoms with Crippen molar-refractivity contribution in [1.82, 2.24) is 15.2 Å². The minimum atomic E-state index is -0.449. The molecule has 1 fully saturated rings. The number of nitrogens with zero attached hydrogens (tertiary/aromatic N) is 1. The number of aromatic nitrogens is 1. The minimum absolute atomic E-state index is 0.00827. The number of hydrogen-bond acceptors (Lipinski definition) is 3. The molecule has 2 unspecified atom stereocenters. The summed E-state index contributed by atoms with van der Waals surface area (Å²) in [6, 6.07) is 7.40. The maximum atomic E-state index is 12.6. The summed E-state index contributed by atoms with van der Waals surface area (Å²) in [7, 11) is 0. The molecule has 0 spiro atoms. The minimum Gasteiger partial charge on any atom is -0.360 e. The van der Waals surface area contributed by atoms with Crippen molar-refractivity contribution in [3.8, 4) is 0 Å². The van der Waals surface area contributed by atoms with Crippen LogP contribution in [0.5, 0.6) is 0 Å². The highest BCUT2D eigenvalue weighted by Gasteiger charge is 2.28. The Hall–Kier alpha value is -2.34. The average Bonchev–Trinajstić information content (AvgIpc) is 3.05. The van der Waals surface area contributed by atoms with Gasteiger partial charge in [0.1, 0.15) is 0 Å². The molecule has 1 aliphatic rings. The molecule has 0 bridgehead atoms. The van der Waals surface area contributed by atoms with Crippen LogP contribution in [0, 0.1) is 5.92 Å². The van der Waals surface area contributed by atoms with Gasteiger partial charge in [0, 0.05) is 36.2 Å². The lowest BCUT2D eigenvalue weighted by Crippen LogP contribution is -2.49. The molecule has 1 aliphatic heterocycles. The van der Waals surface area contributed by atoms with Crippen LogP contribution in [0.1, 0.15) is 37.0 Å². The molecule has 3 rings (SSSR count). The monoisotopic (exact) mass is 342 g/mol. The number of fused-ring (bicyclic) bond motifs is 1. The predicted molar refractivity (Wildman–Crippen MR) is 98.2 cm³/mol. The van der Waals surface area contributed by atoms with Gasteiger partial charge < -0.3 is 20.9 Å². The maximum absolute atomic E-state index is 12.6. The fourth-order valence-electron chi connectivity index (χ4n) is 3.57. The summed E-state index contributed by atoms with van der Waals surface area (Å²) in [5, 5.41) is 4.06. The number of likely N-dealkylation sites (tertiary alicyclic amines) is 1. The van der Waals surface area contributed by atoms with Crippen molar-refractivity contribution in [1.29, 1.82) is 0 Å². The van der Waals surface area contributed by atoms with E-state index in [1.54, 1.807) is 13.1 Å². The second kappa shape index (κ2) is 7.27. The van der Waals surface area contributed by atoms with Gasteiger partial charge in [-0.3, -0.25) is 9.59 Å². The zero-order valence-corrected chi connectivity index (χ0v) is 14.8. The second-order valence-corrected chi connectivity index (χ2v) is 6.96. The fourth-order valence-corrected chi connectivity index (χ4v) is 3.57. The number of amides is 2. The van der Waals surface area contributed by atoms with Gasteiger partial charge in [-0.25, -0.2) is 0 Å². The topological polar surface area (TPSA) is 91.2 Å². The van der Waals surface area contributed by atoms with Gasteiger partial charge in [0.25, 0.3) is 5.91 Å². The zero-order valence-electron chi connectivity index (χ0n) is 14.8. The van der Waals surface area contributed by atoms with Gasteiger partial charge in [-0.2, -0.15) is 0 Å². The van der Waals surface area contributed by atoms with Crippen LogP contribution in [0.4, 0.5) is 0 Å². The molecular formula is C19H26N4O2. The molecule has 0 radical (unpaired) electrons. The van der Waals surface area contributed by atoms with E-state index in [1.165, 1.54) is 0 Å². The van der Waals surface area contributed by atoms with Gasteiger partial charge in [0.15, 0.2) is 0 Å². The quantitative estimate of drug-likeness (QED) is 0.792. The smallest absolute Gasteiger partial charge is 0.253 e. The summed E-state index contributed by atoms with van der Waals surface area (Å²) in [6.45, 7) is 5.18. The van der Waals surface area contributed by atoms with E-state index >= 15 is 0 Å². The number of piperidine rings is 1. The maximum Gasteiger partial charge on any atom is 0.253 e. The van der Waals surface area contributed by atoms with Gasteiger partial charge in [0.05, 0.1) is 11.6 Å². The first-order valence-corrected chi connectivity index (χ1v) is 8.88. The number of aromatic amines is 1. The summed E-state index contributed by atoms with van der Waals surface area (Å²) < 4.78 is 0. The van der Waals surface area contributed by atoms with Crippen LogP contribution >= 0.6 is 0 Å². The van der Waals surface area contributed by atoms with Crippen molar-refractivity contribution >= 4 is 22.7 Å². The van der Waals surface area contributed by atoms with E-state index in [1.807, 2.05) is 36.1 Å². The van der Waals surface area contributed by atoms with E-state index in [-0.39, 0.29) is 17.9 Å². The molecule has 1 aromatic heterocycles. The van der Waals surface area contributed by atoms with Crippen molar-refractivity contribution in [3.05, 3.63) is 36.0 Å². The van der Waals surface area contributed by atoms with Crippen LogP contribution in [0.25, 0.3) is 10.9 Å². The fraction of sp³-hybridized carbons (Fsp3) is 0.474. The van der Waals surface area contributed by atoms with Crippen LogP contribution in [-0.4, -0.2) is 46.9 Å². The zero-order chi connectivity index (χ0) is 18.0. The third-order valence-electron chi connectivity index (χ3n) is 5.14. The molecular weight excluding hydrogens is 316 g/mol. The Morgan fingerprint density at radius 3 is 2.60 bits per heavy atom. The van der Waals surface area contributed by atoms with Crippen molar-refractivity contribution in [2.75, 3.05) is 13.1 Å². The predicted octanol–water partition coefficient (Wildman–Crippen LogP) is 1.87. The molecule has 2 atom stereocenters. The Kier molecular flexibility index (Phi) is 5.08. The summed E-state index contributed by atoms with van der Waals surface area (Å²) in [5.41, 5.74) is 7.31. The van der Waals surface area contributed by atoms with Gasteiger partial charge in [-0.15, -0.1) is 0 Å². The molecule has 6 heteroatoms. The molecule has 0 saturated carbocycles. The highest BCUT2D eigenvalue weighted by Crippen LogP contribution is 2.22. The van der Waals surface area contributed by atoms with Crippen molar-refractivity contribution in [3.63, 3.8) is 0 Å². The second-order valence-electron chi connectivity index (χ2n) is 6.96. The van der Waals surface area contributed by atoms with Gasteiger partial charge in [0.2, 0.25) is 5.91 Å². The van der Waals surface area contributed by atoms with E-state index in [4.69, 9.17) is 5.73 Å². The normalized spacial score (nSPS) is 18.1. The number of para-hydroxylation sites is 1. The number of nitrogens with two attached hydrogens (primary N) is 1. The lowest BCUT2D eigenvalue weighted by Gasteiger charge is -2.35. The lowest BCUT2D eigenvalue weighted by molar-refractivity contribution is -0.133. The molecule has 6 nitrogen and oxygen atoms in total. The average molecular weight is 342 g/mol. The number of H-pyrrole nitrogens is 1. The molecule has 2 heterocycles. The number of benzene rings is 1. The van der Waals surface area contributed by atoms with E-state index in [0.717, 1.165) is 23.7 Å². The Bertz CT molecular complexity index is 760. The van der Waals surface area contributed by atoms with E-state index in [0.29, 0.717) is 24.6 Å². The summed E-state index contributed by atoms with van der Waals surface area (Å²) >= 11 is 0. The first kappa shape index (κ1) is 17.5. The molecule has 2 aromatic rings. The summed E-state index contributed by atoms with van der Waals surface area (Å²) in [4.78, 5) is 29.5. The molecule has 4 N–H and O–H groups in total. The SMILES string of the molecule is CC(N)C(=O)N1CCC(C(C)NC(=O)c2c[nH]c3ccccc23)CC1. The molecule has 2 amide bonds. The Balaban J connectivity index is 1.59. The number of rotatable bonds is 4. The third-order valence-corrected chi connectivity index (χ3v) is 5.14. The number of hydrogen-bond donors (Lipinski definition) is 3. The van der Waals surface area contributed by atoms with Crippen molar-refractivity contribution in [2.45, 2.75) is 38.8 Å². The standard InChI is InChI=1S/C19H26N4O2/c1-12(20)19(25)23-9-7-14(8-10-23)13(2)22-18(24)16-11-21-17-6-4-3-5-15(16)17/h3-6,11-14,21H,7-10,20H2,1-2H3,(H,22,24). The summed E-state index contributed by atoms with van der Waals surface area (Å²) in [6.07, 6.45) is 3.53. The highest BCUT2D eigenvalue weighted by molar-refractivity contribution is 6.06.